The Labute approximate surface area is 182 Å². The molecular weight excluding hydrogens is 394 g/mol. The van der Waals surface area contributed by atoms with E-state index in [0.29, 0.717) is 17.5 Å². The van der Waals surface area contributed by atoms with Gasteiger partial charge in [0.05, 0.1) is 11.7 Å². The van der Waals surface area contributed by atoms with Gasteiger partial charge < -0.3 is 20.2 Å². The number of carboxylic acid groups (broad SMARTS) is 1. The van der Waals surface area contributed by atoms with E-state index in [9.17, 15) is 14.7 Å². The number of carbonyl (C=O) groups excluding carboxylic acids is 1. The summed E-state index contributed by atoms with van der Waals surface area (Å²) in [6.45, 7) is 6.34. The molecule has 1 aromatic carbocycles. The fourth-order valence-electron chi connectivity index (χ4n) is 4.97. The summed E-state index contributed by atoms with van der Waals surface area (Å²) in [6.07, 6.45) is 0.553. The fourth-order valence-corrected chi connectivity index (χ4v) is 4.97. The van der Waals surface area contributed by atoms with Gasteiger partial charge >= 0.3 is 6.09 Å². The molecule has 0 aliphatic carbocycles. The highest BCUT2D eigenvalue weighted by atomic mass is 16.4. The first-order chi connectivity index (χ1) is 14.9. The maximum absolute atomic E-state index is 13.0. The third-order valence-corrected chi connectivity index (χ3v) is 6.59. The minimum absolute atomic E-state index is 0.0745. The lowest BCUT2D eigenvalue weighted by Gasteiger charge is -2.24. The van der Waals surface area contributed by atoms with Gasteiger partial charge in [-0.1, -0.05) is 37.3 Å². The summed E-state index contributed by atoms with van der Waals surface area (Å²) in [4.78, 5) is 28.6. The summed E-state index contributed by atoms with van der Waals surface area (Å²) in [5.41, 5.74) is 2.60. The Hall–Kier alpha value is -2.87. The molecule has 8 nitrogen and oxygen atoms in total. The molecule has 0 radical (unpaired) electrons. The van der Waals surface area contributed by atoms with E-state index in [4.69, 9.17) is 0 Å². The van der Waals surface area contributed by atoms with Gasteiger partial charge in [0.25, 0.3) is 5.91 Å². The van der Waals surface area contributed by atoms with Crippen molar-refractivity contribution in [2.45, 2.75) is 25.8 Å². The zero-order valence-electron chi connectivity index (χ0n) is 18.2. The van der Waals surface area contributed by atoms with Crippen LogP contribution in [-0.4, -0.2) is 69.4 Å². The number of rotatable bonds is 7. The van der Waals surface area contributed by atoms with Gasteiger partial charge in [-0.2, -0.15) is 5.10 Å². The number of aryl methyl sites for hydroxylation is 2. The van der Waals surface area contributed by atoms with E-state index in [1.165, 1.54) is 0 Å². The van der Waals surface area contributed by atoms with Gasteiger partial charge in [-0.25, -0.2) is 4.79 Å². The van der Waals surface area contributed by atoms with Crippen molar-refractivity contribution < 1.29 is 14.7 Å². The molecule has 2 N–H and O–H groups in total. The summed E-state index contributed by atoms with van der Waals surface area (Å²) in [5, 5.41) is 16.3. The molecule has 2 aliphatic rings. The zero-order chi connectivity index (χ0) is 22.0. The van der Waals surface area contributed by atoms with Crippen LogP contribution in [0.2, 0.25) is 0 Å². The predicted molar refractivity (Wildman–Crippen MR) is 117 cm³/mol. The molecule has 3 heterocycles. The highest BCUT2D eigenvalue weighted by Crippen LogP contribution is 2.32. The number of benzene rings is 1. The third-order valence-electron chi connectivity index (χ3n) is 6.59. The van der Waals surface area contributed by atoms with E-state index in [0.717, 1.165) is 56.8 Å². The van der Waals surface area contributed by atoms with E-state index in [2.05, 4.69) is 15.3 Å². The summed E-state index contributed by atoms with van der Waals surface area (Å²) in [6, 6.07) is 11.4. The van der Waals surface area contributed by atoms with Crippen molar-refractivity contribution in [3.63, 3.8) is 0 Å². The average Bonchev–Trinajstić information content (AvgIpc) is 3.43. The van der Waals surface area contributed by atoms with E-state index in [1.54, 1.807) is 4.68 Å². The van der Waals surface area contributed by atoms with E-state index in [1.807, 2.05) is 55.3 Å². The smallest absolute Gasteiger partial charge is 0.405 e. The molecule has 3 atom stereocenters. The second kappa shape index (κ2) is 9.09. The molecule has 0 spiro atoms. The van der Waals surface area contributed by atoms with Crippen molar-refractivity contribution in [2.24, 2.45) is 18.9 Å². The SMILES string of the molecule is CCc1cc(C(=O)N2CC3CN(CCC(NC(=O)O)c4ccccc4)C[C@H]3C2)n(C)n1. The number of fused-ring (bicyclic) bond motifs is 1. The molecule has 166 valence electrons. The van der Waals surface area contributed by atoms with Gasteiger partial charge in [0.2, 0.25) is 0 Å². The fraction of sp³-hybridized carbons (Fsp3) is 0.522. The van der Waals surface area contributed by atoms with Crippen molar-refractivity contribution in [3.8, 4) is 0 Å². The van der Waals surface area contributed by atoms with E-state index < -0.39 is 6.09 Å². The van der Waals surface area contributed by atoms with Crippen LogP contribution in [0.4, 0.5) is 4.79 Å². The topological polar surface area (TPSA) is 90.7 Å². The van der Waals surface area contributed by atoms with Crippen LogP contribution in [-0.2, 0) is 13.5 Å². The van der Waals surface area contributed by atoms with Crippen LogP contribution >= 0.6 is 0 Å². The van der Waals surface area contributed by atoms with Crippen LogP contribution in [0.15, 0.2) is 36.4 Å². The van der Waals surface area contributed by atoms with Gasteiger partial charge in [0.1, 0.15) is 5.69 Å². The second-order valence-corrected chi connectivity index (χ2v) is 8.69. The minimum atomic E-state index is -0.998. The molecule has 31 heavy (non-hydrogen) atoms. The number of amides is 2. The number of nitrogens with zero attached hydrogens (tertiary/aromatic N) is 4. The maximum Gasteiger partial charge on any atom is 0.405 e. The average molecular weight is 426 g/mol. The van der Waals surface area contributed by atoms with Crippen LogP contribution in [0.1, 0.15) is 41.1 Å². The van der Waals surface area contributed by atoms with Gasteiger partial charge in [-0.3, -0.25) is 9.48 Å². The van der Waals surface area contributed by atoms with Crippen molar-refractivity contribution >= 4 is 12.0 Å². The zero-order valence-corrected chi connectivity index (χ0v) is 18.2. The first-order valence-corrected chi connectivity index (χ1v) is 11.0. The molecule has 2 fully saturated rings. The second-order valence-electron chi connectivity index (χ2n) is 8.69. The monoisotopic (exact) mass is 425 g/mol. The van der Waals surface area contributed by atoms with E-state index in [-0.39, 0.29) is 11.9 Å². The molecule has 2 saturated heterocycles. The quantitative estimate of drug-likeness (QED) is 0.711. The standard InChI is InChI=1S/C23H31N5O3/c1-3-19-11-21(26(2)25-19)22(29)28-14-17-12-27(13-18(17)15-28)10-9-20(24-23(30)31)16-7-5-4-6-8-16/h4-8,11,17-18,20,24H,3,9-10,12-15H2,1-2H3,(H,30,31)/t17-,18?,20?/m0/s1. The first-order valence-electron chi connectivity index (χ1n) is 11.0. The molecular formula is C23H31N5O3. The molecule has 2 amide bonds. The molecule has 0 saturated carbocycles. The molecule has 4 rings (SSSR count). The van der Waals surface area contributed by atoms with Crippen molar-refractivity contribution in [2.75, 3.05) is 32.7 Å². The predicted octanol–water partition coefficient (Wildman–Crippen LogP) is 2.39. The molecule has 2 aliphatic heterocycles. The lowest BCUT2D eigenvalue weighted by molar-refractivity contribution is 0.0763. The first kappa shape index (κ1) is 21.4. The Morgan fingerprint density at radius 1 is 1.16 bits per heavy atom. The van der Waals surface area contributed by atoms with Crippen LogP contribution < -0.4 is 5.32 Å². The number of nitrogens with one attached hydrogen (secondary N) is 1. The number of hydrogen-bond donors (Lipinski definition) is 2. The Morgan fingerprint density at radius 2 is 1.84 bits per heavy atom. The lowest BCUT2D eigenvalue weighted by atomic mass is 10.0. The summed E-state index contributed by atoms with van der Waals surface area (Å²) < 4.78 is 1.70. The summed E-state index contributed by atoms with van der Waals surface area (Å²) >= 11 is 0. The highest BCUT2D eigenvalue weighted by Gasteiger charge is 2.42. The van der Waals surface area contributed by atoms with Gasteiger partial charge in [0, 0.05) is 39.8 Å². The Balaban J connectivity index is 1.31. The minimum Gasteiger partial charge on any atom is -0.465 e. The normalized spacial score (nSPS) is 21.8. The number of hydrogen-bond acceptors (Lipinski definition) is 4. The van der Waals surface area contributed by atoms with Gasteiger partial charge in [-0.15, -0.1) is 0 Å². The van der Waals surface area contributed by atoms with Crippen molar-refractivity contribution in [3.05, 3.63) is 53.3 Å². The summed E-state index contributed by atoms with van der Waals surface area (Å²) in [7, 11) is 1.83. The lowest BCUT2D eigenvalue weighted by Crippen LogP contribution is -2.35. The van der Waals surface area contributed by atoms with Gasteiger partial charge in [-0.05, 0) is 36.3 Å². The highest BCUT2D eigenvalue weighted by molar-refractivity contribution is 5.93. The van der Waals surface area contributed by atoms with Crippen LogP contribution in [0.5, 0.6) is 0 Å². The number of likely N-dealkylation sites (tertiary alicyclic amines) is 2. The van der Waals surface area contributed by atoms with E-state index >= 15 is 0 Å². The van der Waals surface area contributed by atoms with Gasteiger partial charge in [0.15, 0.2) is 0 Å². The Morgan fingerprint density at radius 3 is 2.42 bits per heavy atom. The van der Waals surface area contributed by atoms with Crippen LogP contribution in [0.25, 0.3) is 0 Å². The third kappa shape index (κ3) is 4.74. The number of carbonyl (C=O) groups is 2. The van der Waals surface area contributed by atoms with Crippen LogP contribution in [0, 0.1) is 11.8 Å². The molecule has 2 aromatic rings. The van der Waals surface area contributed by atoms with Crippen LogP contribution in [0.3, 0.4) is 0 Å². The molecule has 8 heteroatoms. The Bertz CT molecular complexity index is 915. The molecule has 0 bridgehead atoms. The largest absolute Gasteiger partial charge is 0.465 e. The summed E-state index contributed by atoms with van der Waals surface area (Å²) in [5.74, 6) is 1.03. The van der Waals surface area contributed by atoms with Crippen molar-refractivity contribution in [1.29, 1.82) is 0 Å². The number of aromatic nitrogens is 2. The Kier molecular flexibility index (Phi) is 6.27. The van der Waals surface area contributed by atoms with Crippen molar-refractivity contribution in [1.82, 2.24) is 24.9 Å². The molecule has 1 aromatic heterocycles. The maximum atomic E-state index is 13.0. The molecule has 2 unspecified atom stereocenters.